The van der Waals surface area contributed by atoms with Crippen molar-refractivity contribution in [3.8, 4) is 10.8 Å². The minimum Gasteiger partial charge on any atom is -0.410 e. The maximum Gasteiger partial charge on any atom is 0.277 e. The van der Waals surface area contributed by atoms with Gasteiger partial charge >= 0.3 is 0 Å². The molecule has 0 N–H and O–H groups in total. The van der Waals surface area contributed by atoms with Crippen LogP contribution in [0.2, 0.25) is 0 Å². The third-order valence-corrected chi connectivity index (χ3v) is 7.45. The number of thiophene rings is 2. The van der Waals surface area contributed by atoms with Crippen molar-refractivity contribution in [2.45, 2.75) is 38.0 Å². The number of amides is 1. The van der Waals surface area contributed by atoms with E-state index in [1.54, 1.807) is 27.6 Å². The molecule has 3 heterocycles. The molecule has 8 heteroatoms. The third-order valence-electron chi connectivity index (χ3n) is 4.69. The van der Waals surface area contributed by atoms with Gasteiger partial charge in [0.25, 0.3) is 11.1 Å². The Morgan fingerprint density at radius 3 is 3.15 bits per heavy atom. The second-order valence-electron chi connectivity index (χ2n) is 6.95. The predicted octanol–water partition coefficient (Wildman–Crippen LogP) is 4.74. The Kier molecular flexibility index (Phi) is 5.66. The van der Waals surface area contributed by atoms with Gasteiger partial charge in [-0.2, -0.15) is 11.3 Å². The van der Waals surface area contributed by atoms with Crippen molar-refractivity contribution in [3.05, 3.63) is 38.9 Å². The van der Waals surface area contributed by atoms with Crippen LogP contribution in [0.4, 0.5) is 0 Å². The number of hydrogen-bond acceptors (Lipinski definition) is 7. The monoisotopic (exact) mass is 419 g/mol. The van der Waals surface area contributed by atoms with Gasteiger partial charge in [0.1, 0.15) is 0 Å². The normalized spacial score (nSPS) is 16.3. The van der Waals surface area contributed by atoms with E-state index in [4.69, 9.17) is 4.42 Å². The zero-order valence-electron chi connectivity index (χ0n) is 15.3. The Morgan fingerprint density at radius 2 is 2.33 bits per heavy atom. The highest BCUT2D eigenvalue weighted by Crippen LogP contribution is 2.37. The van der Waals surface area contributed by atoms with Crippen molar-refractivity contribution in [3.63, 3.8) is 0 Å². The van der Waals surface area contributed by atoms with E-state index in [1.165, 1.54) is 28.6 Å². The van der Waals surface area contributed by atoms with Crippen LogP contribution in [0.1, 0.15) is 29.3 Å². The highest BCUT2D eigenvalue weighted by atomic mass is 32.2. The summed E-state index contributed by atoms with van der Waals surface area (Å²) in [5.41, 5.74) is 2.57. The molecule has 0 saturated carbocycles. The lowest BCUT2D eigenvalue weighted by Crippen LogP contribution is -2.27. The lowest BCUT2D eigenvalue weighted by molar-refractivity contribution is -0.127. The van der Waals surface area contributed by atoms with E-state index in [0.29, 0.717) is 23.4 Å². The Balaban J connectivity index is 1.35. The molecule has 27 heavy (non-hydrogen) atoms. The molecular formula is C19H21N3O2S3. The number of nitrogens with zero attached hydrogens (tertiary/aromatic N) is 3. The summed E-state index contributed by atoms with van der Waals surface area (Å²) in [6, 6.07) is 4.23. The molecular weight excluding hydrogens is 398 g/mol. The highest BCUT2D eigenvalue weighted by Gasteiger charge is 2.21. The van der Waals surface area contributed by atoms with Crippen LogP contribution in [-0.2, 0) is 24.2 Å². The Labute approximate surface area is 170 Å². The first-order valence-corrected chi connectivity index (χ1v) is 11.7. The predicted molar refractivity (Wildman–Crippen MR) is 110 cm³/mol. The molecule has 1 amide bonds. The van der Waals surface area contributed by atoms with E-state index in [2.05, 4.69) is 28.6 Å². The molecule has 0 fully saturated rings. The molecule has 0 bridgehead atoms. The van der Waals surface area contributed by atoms with Crippen LogP contribution in [0.25, 0.3) is 10.8 Å². The van der Waals surface area contributed by atoms with Crippen molar-refractivity contribution < 1.29 is 9.21 Å². The van der Waals surface area contributed by atoms with E-state index >= 15 is 0 Å². The van der Waals surface area contributed by atoms with Crippen LogP contribution < -0.4 is 0 Å². The Bertz CT molecular complexity index is 917. The smallest absolute Gasteiger partial charge is 0.277 e. The van der Waals surface area contributed by atoms with E-state index < -0.39 is 0 Å². The van der Waals surface area contributed by atoms with Crippen LogP contribution in [0, 0.1) is 5.92 Å². The van der Waals surface area contributed by atoms with Crippen LogP contribution in [-0.4, -0.2) is 33.8 Å². The summed E-state index contributed by atoms with van der Waals surface area (Å²) in [6.45, 7) is 2.92. The largest absolute Gasteiger partial charge is 0.410 e. The second-order valence-corrected chi connectivity index (χ2v) is 9.79. The van der Waals surface area contributed by atoms with Crippen molar-refractivity contribution in [1.82, 2.24) is 15.1 Å². The summed E-state index contributed by atoms with van der Waals surface area (Å²) in [5.74, 6) is 1.64. The number of thioether (sulfide) groups is 1. The minimum atomic E-state index is 0.0477. The van der Waals surface area contributed by atoms with Crippen LogP contribution >= 0.6 is 34.4 Å². The zero-order chi connectivity index (χ0) is 18.8. The number of aryl methyl sites for hydroxylation is 1. The van der Waals surface area contributed by atoms with Gasteiger partial charge in [-0.25, -0.2) is 0 Å². The average molecular weight is 420 g/mol. The van der Waals surface area contributed by atoms with Gasteiger partial charge in [0.15, 0.2) is 0 Å². The van der Waals surface area contributed by atoms with Crippen molar-refractivity contribution >= 4 is 40.3 Å². The Hall–Kier alpha value is -1.64. The van der Waals surface area contributed by atoms with E-state index in [-0.39, 0.29) is 5.91 Å². The summed E-state index contributed by atoms with van der Waals surface area (Å²) < 4.78 is 5.79. The molecule has 1 atom stereocenters. The highest BCUT2D eigenvalue weighted by molar-refractivity contribution is 7.99. The van der Waals surface area contributed by atoms with Gasteiger partial charge in [-0.15, -0.1) is 21.5 Å². The van der Waals surface area contributed by atoms with E-state index in [9.17, 15) is 4.79 Å². The lowest BCUT2D eigenvalue weighted by atomic mass is 9.90. The van der Waals surface area contributed by atoms with Gasteiger partial charge < -0.3 is 9.32 Å². The first-order valence-electron chi connectivity index (χ1n) is 8.92. The maximum atomic E-state index is 12.3. The molecule has 3 aromatic heterocycles. The molecule has 5 nitrogen and oxygen atoms in total. The van der Waals surface area contributed by atoms with Crippen molar-refractivity contribution in [2.24, 2.45) is 5.92 Å². The summed E-state index contributed by atoms with van der Waals surface area (Å²) in [4.78, 5) is 16.5. The number of carbonyl (C=O) groups is 1. The number of rotatable bonds is 6. The summed E-state index contributed by atoms with van der Waals surface area (Å²) in [6.07, 6.45) is 3.52. The molecule has 3 aromatic rings. The van der Waals surface area contributed by atoms with Crippen LogP contribution in [0.15, 0.2) is 32.5 Å². The molecule has 0 spiro atoms. The molecule has 0 saturated heterocycles. The van der Waals surface area contributed by atoms with Gasteiger partial charge in [0.2, 0.25) is 5.91 Å². The van der Waals surface area contributed by atoms with Gasteiger partial charge in [-0.1, -0.05) is 18.7 Å². The summed E-state index contributed by atoms with van der Waals surface area (Å²) >= 11 is 4.69. The average Bonchev–Trinajstić information content (AvgIpc) is 3.39. The molecule has 0 aromatic carbocycles. The van der Waals surface area contributed by atoms with Gasteiger partial charge in [-0.05, 0) is 59.2 Å². The fraction of sp³-hybridized carbons (Fsp3) is 0.421. The topological polar surface area (TPSA) is 59.2 Å². The SMILES string of the molecule is C[C@@H]1CCc2sc(-c3nnc(SCC(=O)N(C)Cc4ccsc4)o3)cc2C1. The van der Waals surface area contributed by atoms with Gasteiger partial charge in [0, 0.05) is 18.5 Å². The lowest BCUT2D eigenvalue weighted by Gasteiger charge is -2.16. The maximum absolute atomic E-state index is 12.3. The molecule has 0 aliphatic heterocycles. The summed E-state index contributed by atoms with van der Waals surface area (Å²) in [5, 5.41) is 12.8. The standard InChI is InChI=1S/C19H21N3O2S3/c1-12-3-4-15-14(7-12)8-16(27-15)18-20-21-19(24-18)26-11-17(23)22(2)9-13-5-6-25-10-13/h5-6,8,10,12H,3-4,7,9,11H2,1-2H3/t12-/m1/s1. The minimum absolute atomic E-state index is 0.0477. The number of aromatic nitrogens is 2. The first-order chi connectivity index (χ1) is 13.1. The van der Waals surface area contributed by atoms with Crippen LogP contribution in [0.3, 0.4) is 0 Å². The molecule has 1 aliphatic carbocycles. The molecule has 0 radical (unpaired) electrons. The third kappa shape index (κ3) is 4.44. The second kappa shape index (κ2) is 8.16. The molecule has 1 aliphatic rings. The number of hydrogen-bond donors (Lipinski definition) is 0. The quantitative estimate of drug-likeness (QED) is 0.540. The molecule has 4 rings (SSSR count). The Morgan fingerprint density at radius 1 is 1.44 bits per heavy atom. The fourth-order valence-electron chi connectivity index (χ4n) is 3.16. The number of fused-ring (bicyclic) bond motifs is 1. The van der Waals surface area contributed by atoms with Crippen molar-refractivity contribution in [2.75, 3.05) is 12.8 Å². The van der Waals surface area contributed by atoms with Crippen LogP contribution in [0.5, 0.6) is 0 Å². The van der Waals surface area contributed by atoms with E-state index in [1.807, 2.05) is 18.5 Å². The van der Waals surface area contributed by atoms with Gasteiger partial charge in [0.05, 0.1) is 10.6 Å². The first kappa shape index (κ1) is 18.7. The van der Waals surface area contributed by atoms with Crippen molar-refractivity contribution in [1.29, 1.82) is 0 Å². The number of carbonyl (C=O) groups excluding carboxylic acids is 1. The molecule has 142 valence electrons. The summed E-state index contributed by atoms with van der Waals surface area (Å²) in [7, 11) is 1.82. The fourth-order valence-corrected chi connectivity index (χ4v) is 5.65. The van der Waals surface area contributed by atoms with E-state index in [0.717, 1.165) is 29.2 Å². The zero-order valence-corrected chi connectivity index (χ0v) is 17.8. The molecule has 0 unspecified atom stereocenters. The van der Waals surface area contributed by atoms with Gasteiger partial charge in [-0.3, -0.25) is 4.79 Å².